The standard InChI is InChI=1S/C22H17N3O4/c1-13-20(21(25-29-13)14-6-3-2-4-7-14)22-24-23-19(28-22)12-27-18-9-5-8-15-16(18)10-11-17(15)26/h2-9H,10-12H2,1H3. The number of carbonyl (C=O) groups excluding carboxylic acids is 1. The molecule has 1 aliphatic rings. The van der Waals surface area contributed by atoms with E-state index in [0.717, 1.165) is 16.7 Å². The first-order chi connectivity index (χ1) is 14.2. The molecule has 0 N–H and O–H groups in total. The molecule has 0 radical (unpaired) electrons. The molecule has 0 amide bonds. The smallest absolute Gasteiger partial charge is 0.254 e. The summed E-state index contributed by atoms with van der Waals surface area (Å²) in [5.41, 5.74) is 3.90. The molecule has 1 aliphatic carbocycles. The Hall–Kier alpha value is -3.74. The number of ether oxygens (including phenoxy) is 1. The highest BCUT2D eigenvalue weighted by atomic mass is 16.5. The van der Waals surface area contributed by atoms with E-state index in [9.17, 15) is 4.79 Å². The average molecular weight is 387 g/mol. The van der Waals surface area contributed by atoms with Gasteiger partial charge in [0.2, 0.25) is 0 Å². The molecule has 2 heterocycles. The van der Waals surface area contributed by atoms with E-state index in [2.05, 4.69) is 15.4 Å². The summed E-state index contributed by atoms with van der Waals surface area (Å²) in [5, 5.41) is 12.4. The highest BCUT2D eigenvalue weighted by Gasteiger charge is 2.24. The molecule has 0 unspecified atom stereocenters. The fourth-order valence-corrected chi connectivity index (χ4v) is 3.56. The van der Waals surface area contributed by atoms with Gasteiger partial charge in [-0.1, -0.05) is 47.6 Å². The number of Topliss-reactive ketones (excluding diaryl/α,β-unsaturated/α-hetero) is 1. The summed E-state index contributed by atoms with van der Waals surface area (Å²) >= 11 is 0. The van der Waals surface area contributed by atoms with Crippen molar-refractivity contribution in [1.29, 1.82) is 0 Å². The van der Waals surface area contributed by atoms with Crippen LogP contribution in [0.15, 0.2) is 57.5 Å². The fourth-order valence-electron chi connectivity index (χ4n) is 3.56. The van der Waals surface area contributed by atoms with Crippen LogP contribution in [0, 0.1) is 6.92 Å². The molecule has 2 aromatic heterocycles. The number of ketones is 1. The van der Waals surface area contributed by atoms with Crippen LogP contribution in [-0.2, 0) is 13.0 Å². The lowest BCUT2D eigenvalue weighted by Crippen LogP contribution is -1.99. The molecule has 0 bridgehead atoms. The summed E-state index contributed by atoms with van der Waals surface area (Å²) in [5.74, 6) is 2.09. The van der Waals surface area contributed by atoms with Gasteiger partial charge in [-0.2, -0.15) is 0 Å². The molecular formula is C22H17N3O4. The van der Waals surface area contributed by atoms with Gasteiger partial charge in [0, 0.05) is 23.1 Å². The number of aromatic nitrogens is 3. The summed E-state index contributed by atoms with van der Waals surface area (Å²) in [6.07, 6.45) is 1.22. The monoisotopic (exact) mass is 387 g/mol. The van der Waals surface area contributed by atoms with Gasteiger partial charge in [0.25, 0.3) is 11.8 Å². The SMILES string of the molecule is Cc1onc(-c2ccccc2)c1-c1nnc(COc2cccc3c2CCC3=O)o1. The summed E-state index contributed by atoms with van der Waals surface area (Å²) in [4.78, 5) is 11.9. The zero-order valence-electron chi connectivity index (χ0n) is 15.7. The molecule has 0 aliphatic heterocycles. The lowest BCUT2D eigenvalue weighted by molar-refractivity contribution is 0.0994. The predicted molar refractivity (Wildman–Crippen MR) is 103 cm³/mol. The van der Waals surface area contributed by atoms with Crippen LogP contribution in [-0.4, -0.2) is 21.1 Å². The van der Waals surface area contributed by atoms with Crippen molar-refractivity contribution >= 4 is 5.78 Å². The Bertz CT molecular complexity index is 1190. The normalized spacial score (nSPS) is 12.9. The summed E-state index contributed by atoms with van der Waals surface area (Å²) < 4.78 is 17.1. The number of carbonyl (C=O) groups is 1. The number of aryl methyl sites for hydroxylation is 1. The van der Waals surface area contributed by atoms with Gasteiger partial charge in [-0.05, 0) is 19.4 Å². The highest BCUT2D eigenvalue weighted by Crippen LogP contribution is 2.34. The van der Waals surface area contributed by atoms with E-state index < -0.39 is 0 Å². The Morgan fingerprint density at radius 3 is 2.76 bits per heavy atom. The molecular weight excluding hydrogens is 370 g/mol. The van der Waals surface area contributed by atoms with Crippen LogP contribution >= 0.6 is 0 Å². The van der Waals surface area contributed by atoms with Crippen LogP contribution in [0.1, 0.15) is 34.0 Å². The zero-order valence-corrected chi connectivity index (χ0v) is 15.7. The Kier molecular flexibility index (Phi) is 4.20. The third-order valence-electron chi connectivity index (χ3n) is 4.98. The molecule has 2 aromatic carbocycles. The number of nitrogens with zero attached hydrogens (tertiary/aromatic N) is 3. The summed E-state index contributed by atoms with van der Waals surface area (Å²) in [6.45, 7) is 1.92. The minimum absolute atomic E-state index is 0.114. The van der Waals surface area contributed by atoms with Crippen LogP contribution < -0.4 is 4.74 Å². The van der Waals surface area contributed by atoms with Crippen molar-refractivity contribution in [2.75, 3.05) is 0 Å². The number of rotatable bonds is 5. The Labute approximate surface area is 166 Å². The van der Waals surface area contributed by atoms with E-state index in [4.69, 9.17) is 13.7 Å². The Morgan fingerprint density at radius 1 is 1.03 bits per heavy atom. The quantitative estimate of drug-likeness (QED) is 0.501. The van der Waals surface area contributed by atoms with Gasteiger partial charge in [-0.3, -0.25) is 4.79 Å². The van der Waals surface area contributed by atoms with Gasteiger partial charge in [-0.25, -0.2) is 0 Å². The van der Waals surface area contributed by atoms with Crippen molar-refractivity contribution in [2.24, 2.45) is 0 Å². The second kappa shape index (κ2) is 7.01. The van der Waals surface area contributed by atoms with Crippen molar-refractivity contribution in [3.63, 3.8) is 0 Å². The molecule has 7 nitrogen and oxygen atoms in total. The predicted octanol–water partition coefficient (Wildman–Crippen LogP) is 4.41. The van der Waals surface area contributed by atoms with E-state index in [1.54, 1.807) is 6.92 Å². The van der Waals surface area contributed by atoms with Crippen LogP contribution in [0.4, 0.5) is 0 Å². The van der Waals surface area contributed by atoms with Gasteiger partial charge in [0.15, 0.2) is 12.4 Å². The molecule has 29 heavy (non-hydrogen) atoms. The number of hydrogen-bond acceptors (Lipinski definition) is 7. The molecule has 0 fully saturated rings. The van der Waals surface area contributed by atoms with Crippen LogP contribution in [0.25, 0.3) is 22.7 Å². The van der Waals surface area contributed by atoms with Crippen molar-refractivity contribution in [1.82, 2.24) is 15.4 Å². The third-order valence-corrected chi connectivity index (χ3v) is 4.98. The third kappa shape index (κ3) is 3.10. The van der Waals surface area contributed by atoms with Crippen molar-refractivity contribution in [3.8, 4) is 28.5 Å². The largest absolute Gasteiger partial charge is 0.483 e. The maximum Gasteiger partial charge on any atom is 0.254 e. The van der Waals surface area contributed by atoms with Crippen molar-refractivity contribution in [2.45, 2.75) is 26.4 Å². The molecule has 0 spiro atoms. The van der Waals surface area contributed by atoms with E-state index >= 15 is 0 Å². The molecule has 4 aromatic rings. The maximum atomic E-state index is 11.9. The number of benzene rings is 2. The second-order valence-electron chi connectivity index (χ2n) is 6.82. The molecule has 7 heteroatoms. The van der Waals surface area contributed by atoms with Gasteiger partial charge in [0.05, 0.1) is 0 Å². The minimum atomic E-state index is 0.114. The van der Waals surface area contributed by atoms with Crippen LogP contribution in [0.2, 0.25) is 0 Å². The Balaban J connectivity index is 1.39. The minimum Gasteiger partial charge on any atom is -0.483 e. The van der Waals surface area contributed by atoms with Crippen molar-refractivity contribution in [3.05, 3.63) is 71.3 Å². The molecule has 0 saturated carbocycles. The van der Waals surface area contributed by atoms with E-state index in [1.165, 1.54) is 0 Å². The first kappa shape index (κ1) is 17.4. The van der Waals surface area contributed by atoms with Gasteiger partial charge < -0.3 is 13.7 Å². The first-order valence-corrected chi connectivity index (χ1v) is 9.33. The van der Waals surface area contributed by atoms with Gasteiger partial charge >= 0.3 is 0 Å². The summed E-state index contributed by atoms with van der Waals surface area (Å²) in [7, 11) is 0. The van der Waals surface area contributed by atoms with Crippen LogP contribution in [0.3, 0.4) is 0 Å². The first-order valence-electron chi connectivity index (χ1n) is 9.33. The lowest BCUT2D eigenvalue weighted by atomic mass is 10.1. The Morgan fingerprint density at radius 2 is 1.90 bits per heavy atom. The van der Waals surface area contributed by atoms with E-state index in [1.807, 2.05) is 48.5 Å². The highest BCUT2D eigenvalue weighted by molar-refractivity contribution is 6.01. The molecule has 0 saturated heterocycles. The topological polar surface area (TPSA) is 91.3 Å². The van der Waals surface area contributed by atoms with E-state index in [0.29, 0.717) is 47.4 Å². The molecule has 144 valence electrons. The van der Waals surface area contributed by atoms with Gasteiger partial charge in [-0.15, -0.1) is 10.2 Å². The number of fused-ring (bicyclic) bond motifs is 1. The zero-order chi connectivity index (χ0) is 19.8. The second-order valence-corrected chi connectivity index (χ2v) is 6.82. The van der Waals surface area contributed by atoms with Crippen LogP contribution in [0.5, 0.6) is 5.75 Å². The summed E-state index contributed by atoms with van der Waals surface area (Å²) in [6, 6.07) is 15.2. The molecule has 5 rings (SSSR count). The lowest BCUT2D eigenvalue weighted by Gasteiger charge is -2.08. The maximum absolute atomic E-state index is 11.9. The average Bonchev–Trinajstić information content (AvgIpc) is 3.46. The van der Waals surface area contributed by atoms with Gasteiger partial charge in [0.1, 0.15) is 22.8 Å². The molecule has 0 atom stereocenters. The van der Waals surface area contributed by atoms with Crippen molar-refractivity contribution < 1.29 is 18.5 Å². The fraction of sp³-hybridized carbons (Fsp3) is 0.182. The van der Waals surface area contributed by atoms with E-state index in [-0.39, 0.29) is 12.4 Å². The number of hydrogen-bond donors (Lipinski definition) is 0.